The van der Waals surface area contributed by atoms with Gasteiger partial charge < -0.3 is 11.1 Å². The van der Waals surface area contributed by atoms with Crippen LogP contribution in [0.15, 0.2) is 77.3 Å². The molecule has 2 aromatic carbocycles. The van der Waals surface area contributed by atoms with E-state index >= 15 is 0 Å². The Kier molecular flexibility index (Phi) is 6.63. The van der Waals surface area contributed by atoms with Crippen LogP contribution in [0.1, 0.15) is 6.42 Å². The third kappa shape index (κ3) is 5.05. The van der Waals surface area contributed by atoms with Crippen LogP contribution in [0.5, 0.6) is 0 Å². The smallest absolute Gasteiger partial charge is 0.240 e. The van der Waals surface area contributed by atoms with Crippen LogP contribution in [-0.4, -0.2) is 40.9 Å². The molecule has 3 heterocycles. The van der Waals surface area contributed by atoms with Crippen LogP contribution >= 0.6 is 11.3 Å². The first-order valence-corrected chi connectivity index (χ1v) is 13.4. The zero-order valence-electron chi connectivity index (χ0n) is 18.9. The second-order valence-corrected chi connectivity index (χ2v) is 10.5. The van der Waals surface area contributed by atoms with Gasteiger partial charge in [0.1, 0.15) is 11.5 Å². The van der Waals surface area contributed by atoms with E-state index in [1.54, 1.807) is 6.20 Å². The lowest BCUT2D eigenvalue weighted by molar-refractivity contribution is 0.579. The van der Waals surface area contributed by atoms with Crippen molar-refractivity contribution in [3.63, 3.8) is 0 Å². The minimum Gasteiger partial charge on any atom is -0.399 e. The number of thiazole rings is 1. The van der Waals surface area contributed by atoms with Crippen LogP contribution in [0.2, 0.25) is 0 Å². The van der Waals surface area contributed by atoms with Crippen LogP contribution in [0.25, 0.3) is 27.6 Å². The number of sulfonamides is 1. The number of nitrogens with zero attached hydrogens (tertiary/aromatic N) is 4. The Hall–Kier alpha value is -3.87. The van der Waals surface area contributed by atoms with Gasteiger partial charge >= 0.3 is 0 Å². The van der Waals surface area contributed by atoms with Crippen LogP contribution in [0, 0.1) is 5.82 Å². The molecule has 0 amide bonds. The van der Waals surface area contributed by atoms with E-state index in [1.165, 1.54) is 23.5 Å². The first-order chi connectivity index (χ1) is 17.4. The molecule has 0 aliphatic rings. The molecule has 0 fully saturated rings. The van der Waals surface area contributed by atoms with Gasteiger partial charge in [-0.05, 0) is 48.9 Å². The molecular formula is C24H22FN7O2S2. The van der Waals surface area contributed by atoms with E-state index in [4.69, 9.17) is 10.7 Å². The molecule has 0 unspecified atom stereocenters. The van der Waals surface area contributed by atoms with Gasteiger partial charge in [0.15, 0.2) is 4.96 Å². The number of benzene rings is 2. The molecule has 9 nitrogen and oxygen atoms in total. The summed E-state index contributed by atoms with van der Waals surface area (Å²) in [7, 11) is -3.70. The summed E-state index contributed by atoms with van der Waals surface area (Å²) >= 11 is 1.53. The topological polar surface area (TPSA) is 127 Å². The summed E-state index contributed by atoms with van der Waals surface area (Å²) in [6.45, 7) is 0.641. The van der Waals surface area contributed by atoms with Crippen molar-refractivity contribution in [3.05, 3.63) is 78.2 Å². The van der Waals surface area contributed by atoms with Gasteiger partial charge in [0.05, 0.1) is 16.3 Å². The van der Waals surface area contributed by atoms with Crippen LogP contribution in [-0.2, 0) is 10.0 Å². The molecule has 0 radical (unpaired) electrons. The summed E-state index contributed by atoms with van der Waals surface area (Å²) in [4.78, 5) is 14.6. The Bertz CT molecular complexity index is 1620. The summed E-state index contributed by atoms with van der Waals surface area (Å²) in [5.41, 5.74) is 9.83. The lowest BCUT2D eigenvalue weighted by atomic mass is 10.1. The van der Waals surface area contributed by atoms with E-state index < -0.39 is 15.8 Å². The van der Waals surface area contributed by atoms with Gasteiger partial charge in [0.2, 0.25) is 16.0 Å². The van der Waals surface area contributed by atoms with E-state index in [1.807, 2.05) is 46.3 Å². The van der Waals surface area contributed by atoms with Crippen molar-refractivity contribution in [1.82, 2.24) is 24.1 Å². The third-order valence-electron chi connectivity index (χ3n) is 5.37. The van der Waals surface area contributed by atoms with Gasteiger partial charge in [0.25, 0.3) is 0 Å². The maximum absolute atomic E-state index is 13.0. The Labute approximate surface area is 210 Å². The number of fused-ring (bicyclic) bond motifs is 1. The molecule has 5 rings (SSSR count). The fourth-order valence-corrected chi connectivity index (χ4v) is 5.47. The zero-order chi connectivity index (χ0) is 25.1. The van der Waals surface area contributed by atoms with Gasteiger partial charge in [-0.1, -0.05) is 12.1 Å². The van der Waals surface area contributed by atoms with Gasteiger partial charge in [-0.3, -0.25) is 4.40 Å². The van der Waals surface area contributed by atoms with Crippen molar-refractivity contribution in [2.45, 2.75) is 11.3 Å². The van der Waals surface area contributed by atoms with Crippen LogP contribution in [0.3, 0.4) is 0 Å². The lowest BCUT2D eigenvalue weighted by Gasteiger charge is -2.09. The Morgan fingerprint density at radius 1 is 1.06 bits per heavy atom. The number of rotatable bonds is 9. The molecule has 0 saturated carbocycles. The predicted octanol–water partition coefficient (Wildman–Crippen LogP) is 4.02. The zero-order valence-corrected chi connectivity index (χ0v) is 20.6. The number of nitrogens with two attached hydrogens (primary N) is 1. The van der Waals surface area contributed by atoms with Crippen LogP contribution < -0.4 is 15.8 Å². The Morgan fingerprint density at radius 2 is 1.89 bits per heavy atom. The predicted molar refractivity (Wildman–Crippen MR) is 139 cm³/mol. The number of nitrogens with one attached hydrogen (secondary N) is 2. The number of nitrogen functional groups attached to an aromatic ring is 1. The third-order valence-corrected chi connectivity index (χ3v) is 7.61. The van der Waals surface area contributed by atoms with E-state index in [9.17, 15) is 12.8 Å². The maximum Gasteiger partial charge on any atom is 0.240 e. The molecule has 4 N–H and O–H groups in total. The quantitative estimate of drug-likeness (QED) is 0.197. The average molecular weight is 524 g/mol. The Balaban J connectivity index is 1.28. The number of hydrogen-bond acceptors (Lipinski definition) is 8. The fourth-order valence-electron chi connectivity index (χ4n) is 3.69. The van der Waals surface area contributed by atoms with Crippen molar-refractivity contribution < 1.29 is 12.8 Å². The molecular weight excluding hydrogens is 501 g/mol. The molecule has 36 heavy (non-hydrogen) atoms. The summed E-state index contributed by atoms with van der Waals surface area (Å²) in [5.74, 6) is -0.0753. The molecule has 12 heteroatoms. The van der Waals surface area contributed by atoms with Gasteiger partial charge in [-0.25, -0.2) is 32.5 Å². The minimum absolute atomic E-state index is 0.0180. The van der Waals surface area contributed by atoms with Crippen molar-refractivity contribution in [1.29, 1.82) is 0 Å². The molecule has 0 saturated heterocycles. The lowest BCUT2D eigenvalue weighted by Crippen LogP contribution is -2.26. The standard InChI is InChI=1S/C24H22FN7O2S2/c25-17-5-7-19(8-6-17)36(33,34)29-11-2-10-27-23-28-12-9-20(30-23)22-21(16-3-1-4-18(26)15-16)31-24-32(22)13-14-35-24/h1,3-9,12-15,29H,2,10-11,26H2,(H,27,28,30). The van der Waals surface area contributed by atoms with E-state index in [-0.39, 0.29) is 11.4 Å². The monoisotopic (exact) mass is 523 g/mol. The van der Waals surface area contributed by atoms with E-state index in [2.05, 4.69) is 20.0 Å². The number of halogens is 1. The van der Waals surface area contributed by atoms with E-state index in [0.717, 1.165) is 34.0 Å². The summed E-state index contributed by atoms with van der Waals surface area (Å²) < 4.78 is 42.2. The molecule has 0 bridgehead atoms. The highest BCUT2D eigenvalue weighted by Crippen LogP contribution is 2.34. The highest BCUT2D eigenvalue weighted by molar-refractivity contribution is 7.89. The molecule has 0 aliphatic carbocycles. The second-order valence-electron chi connectivity index (χ2n) is 7.89. The van der Waals surface area contributed by atoms with Crippen molar-refractivity contribution >= 4 is 38.0 Å². The first-order valence-electron chi connectivity index (χ1n) is 11.0. The normalized spacial score (nSPS) is 11.7. The highest BCUT2D eigenvalue weighted by atomic mass is 32.2. The molecule has 5 aromatic rings. The maximum atomic E-state index is 13.0. The molecule has 0 atom stereocenters. The average Bonchev–Trinajstić information content (AvgIpc) is 3.46. The van der Waals surface area contributed by atoms with Gasteiger partial charge in [0, 0.05) is 42.1 Å². The van der Waals surface area contributed by atoms with Crippen molar-refractivity contribution in [2.75, 3.05) is 24.1 Å². The Morgan fingerprint density at radius 3 is 2.69 bits per heavy atom. The fraction of sp³-hybridized carbons (Fsp3) is 0.125. The second kappa shape index (κ2) is 10.0. The minimum atomic E-state index is -3.70. The summed E-state index contributed by atoms with van der Waals surface area (Å²) in [6, 6.07) is 14.1. The highest BCUT2D eigenvalue weighted by Gasteiger charge is 2.19. The van der Waals surface area contributed by atoms with Gasteiger partial charge in [-0.15, -0.1) is 11.3 Å². The largest absolute Gasteiger partial charge is 0.399 e. The number of imidazole rings is 1. The summed E-state index contributed by atoms with van der Waals surface area (Å²) in [5, 5.41) is 5.10. The van der Waals surface area contributed by atoms with E-state index in [0.29, 0.717) is 30.3 Å². The SMILES string of the molecule is Nc1cccc(-c2nc3sccn3c2-c2ccnc(NCCCNS(=O)(=O)c3ccc(F)cc3)n2)c1. The molecule has 0 spiro atoms. The number of aromatic nitrogens is 4. The van der Waals surface area contributed by atoms with Crippen molar-refractivity contribution in [2.24, 2.45) is 0 Å². The van der Waals surface area contributed by atoms with Gasteiger partial charge in [-0.2, -0.15) is 0 Å². The number of hydrogen-bond donors (Lipinski definition) is 3. The first kappa shape index (κ1) is 23.9. The molecule has 184 valence electrons. The molecule has 0 aliphatic heterocycles. The number of anilines is 2. The molecule has 3 aromatic heterocycles. The van der Waals surface area contributed by atoms with Crippen LogP contribution in [0.4, 0.5) is 16.0 Å². The van der Waals surface area contributed by atoms with Crippen molar-refractivity contribution in [3.8, 4) is 22.6 Å². The summed E-state index contributed by atoms with van der Waals surface area (Å²) in [6.07, 6.45) is 4.10.